The third kappa shape index (κ3) is 4.72. The molecular formula is C25H32N4O3S. The number of hydrogen-bond acceptors (Lipinski definition) is 6. The summed E-state index contributed by atoms with van der Waals surface area (Å²) in [5.41, 5.74) is 2.36. The third-order valence-electron chi connectivity index (χ3n) is 5.96. The summed E-state index contributed by atoms with van der Waals surface area (Å²) in [5.74, 6) is 0.722. The minimum Gasteiger partial charge on any atom is -0.495 e. The molecule has 1 aliphatic rings. The fourth-order valence-corrected chi connectivity index (χ4v) is 5.90. The summed E-state index contributed by atoms with van der Waals surface area (Å²) in [7, 11) is 1.72. The SMILES string of the molecule is COc1ccc(NS(=O)(=O)c2cccc3c(N(C)C)cccc23)cc1N1C[C@@H](C)N[C@@H](C)C1. The number of hydrogen-bond donors (Lipinski definition) is 2. The average molecular weight is 469 g/mol. The lowest BCUT2D eigenvalue weighted by atomic mass is 10.1. The smallest absolute Gasteiger partial charge is 0.262 e. The number of fused-ring (bicyclic) bond motifs is 1. The first-order valence-corrected chi connectivity index (χ1v) is 12.6. The number of ether oxygens (including phenoxy) is 1. The van der Waals surface area contributed by atoms with Crippen LogP contribution in [0.4, 0.5) is 17.1 Å². The summed E-state index contributed by atoms with van der Waals surface area (Å²) in [5, 5.41) is 5.11. The van der Waals surface area contributed by atoms with E-state index in [1.165, 1.54) is 0 Å². The van der Waals surface area contributed by atoms with Crippen molar-refractivity contribution >= 4 is 37.9 Å². The molecule has 0 saturated carbocycles. The van der Waals surface area contributed by atoms with E-state index in [2.05, 4.69) is 28.8 Å². The van der Waals surface area contributed by atoms with Crippen LogP contribution in [0, 0.1) is 0 Å². The lowest BCUT2D eigenvalue weighted by molar-refractivity contribution is 0.391. The van der Waals surface area contributed by atoms with Gasteiger partial charge in [-0.15, -0.1) is 0 Å². The molecule has 0 radical (unpaired) electrons. The molecule has 176 valence electrons. The second-order valence-electron chi connectivity index (χ2n) is 8.89. The summed E-state index contributed by atoms with van der Waals surface area (Å²) in [6, 6.07) is 17.1. The molecule has 0 aromatic heterocycles. The number of methoxy groups -OCH3 is 1. The molecule has 0 unspecified atom stereocenters. The summed E-state index contributed by atoms with van der Waals surface area (Å²) < 4.78 is 35.3. The highest BCUT2D eigenvalue weighted by molar-refractivity contribution is 7.93. The van der Waals surface area contributed by atoms with Crippen LogP contribution in [-0.2, 0) is 10.0 Å². The predicted molar refractivity (Wildman–Crippen MR) is 136 cm³/mol. The minimum absolute atomic E-state index is 0.255. The van der Waals surface area contributed by atoms with Crippen molar-refractivity contribution in [2.45, 2.75) is 30.8 Å². The molecule has 2 N–H and O–H groups in total. The lowest BCUT2D eigenvalue weighted by Crippen LogP contribution is -2.54. The van der Waals surface area contributed by atoms with Gasteiger partial charge in [-0.1, -0.05) is 24.3 Å². The number of anilines is 3. The van der Waals surface area contributed by atoms with Crippen LogP contribution in [0.5, 0.6) is 5.75 Å². The van der Waals surface area contributed by atoms with Gasteiger partial charge < -0.3 is 19.9 Å². The third-order valence-corrected chi connectivity index (χ3v) is 7.40. The van der Waals surface area contributed by atoms with Crippen molar-refractivity contribution in [3.8, 4) is 5.75 Å². The topological polar surface area (TPSA) is 73.9 Å². The van der Waals surface area contributed by atoms with Crippen LogP contribution in [0.1, 0.15) is 13.8 Å². The zero-order valence-electron chi connectivity index (χ0n) is 19.8. The van der Waals surface area contributed by atoms with Gasteiger partial charge >= 0.3 is 0 Å². The van der Waals surface area contributed by atoms with Gasteiger partial charge in [0.15, 0.2) is 0 Å². The summed E-state index contributed by atoms with van der Waals surface area (Å²) in [4.78, 5) is 4.48. The summed E-state index contributed by atoms with van der Waals surface area (Å²) in [6.45, 7) is 5.91. The van der Waals surface area contributed by atoms with E-state index in [1.54, 1.807) is 25.3 Å². The maximum atomic E-state index is 13.5. The fourth-order valence-electron chi connectivity index (χ4n) is 4.62. The van der Waals surface area contributed by atoms with Gasteiger partial charge in [-0.2, -0.15) is 0 Å². The molecule has 33 heavy (non-hydrogen) atoms. The van der Waals surface area contributed by atoms with Gasteiger partial charge in [-0.05, 0) is 44.2 Å². The van der Waals surface area contributed by atoms with Crippen molar-refractivity contribution in [1.29, 1.82) is 0 Å². The molecule has 0 spiro atoms. The van der Waals surface area contributed by atoms with Crippen LogP contribution in [-0.4, -0.2) is 54.8 Å². The summed E-state index contributed by atoms with van der Waals surface area (Å²) >= 11 is 0. The van der Waals surface area contributed by atoms with Crippen LogP contribution in [0.2, 0.25) is 0 Å². The Morgan fingerprint density at radius 2 is 1.67 bits per heavy atom. The quantitative estimate of drug-likeness (QED) is 0.572. The van der Waals surface area contributed by atoms with Crippen molar-refractivity contribution in [3.05, 3.63) is 54.6 Å². The second-order valence-corrected chi connectivity index (χ2v) is 10.5. The second kappa shape index (κ2) is 9.11. The predicted octanol–water partition coefficient (Wildman–Crippen LogP) is 3.90. The van der Waals surface area contributed by atoms with Crippen molar-refractivity contribution in [2.24, 2.45) is 0 Å². The van der Waals surface area contributed by atoms with Gasteiger partial charge in [-0.3, -0.25) is 4.72 Å². The summed E-state index contributed by atoms with van der Waals surface area (Å²) in [6.07, 6.45) is 0. The van der Waals surface area contributed by atoms with Crippen molar-refractivity contribution in [2.75, 3.05) is 48.8 Å². The Hall–Kier alpha value is -2.97. The van der Waals surface area contributed by atoms with Crippen molar-refractivity contribution in [3.63, 3.8) is 0 Å². The van der Waals surface area contributed by atoms with Crippen molar-refractivity contribution in [1.82, 2.24) is 5.32 Å². The highest BCUT2D eigenvalue weighted by Crippen LogP contribution is 2.35. The highest BCUT2D eigenvalue weighted by Gasteiger charge is 2.25. The van der Waals surface area contributed by atoms with Gasteiger partial charge in [0, 0.05) is 55.7 Å². The van der Waals surface area contributed by atoms with Crippen LogP contribution < -0.4 is 24.6 Å². The van der Waals surface area contributed by atoms with Crippen LogP contribution in [0.15, 0.2) is 59.5 Å². The van der Waals surface area contributed by atoms with Crippen LogP contribution >= 0.6 is 0 Å². The molecule has 1 fully saturated rings. The fraction of sp³-hybridized carbons (Fsp3) is 0.360. The van der Waals surface area contributed by atoms with E-state index in [9.17, 15) is 8.42 Å². The molecule has 3 aromatic rings. The van der Waals surface area contributed by atoms with E-state index in [1.807, 2.05) is 55.4 Å². The molecule has 0 amide bonds. The largest absolute Gasteiger partial charge is 0.495 e. The average Bonchev–Trinajstić information content (AvgIpc) is 2.77. The molecule has 0 aliphatic carbocycles. The maximum Gasteiger partial charge on any atom is 0.262 e. The van der Waals surface area contributed by atoms with E-state index in [0.717, 1.165) is 35.6 Å². The first-order valence-electron chi connectivity index (χ1n) is 11.1. The van der Waals surface area contributed by atoms with Crippen LogP contribution in [0.3, 0.4) is 0 Å². The Morgan fingerprint density at radius 1 is 1.00 bits per heavy atom. The van der Waals surface area contributed by atoms with Crippen LogP contribution in [0.25, 0.3) is 10.8 Å². The van der Waals surface area contributed by atoms with Gasteiger partial charge in [0.2, 0.25) is 0 Å². The standard InChI is InChI=1S/C25H32N4O3S/c1-17-15-29(16-18(2)26-17)23-14-19(12-13-24(23)32-5)27-33(30,31)25-11-7-8-20-21(25)9-6-10-22(20)28(3)4/h6-14,17-18,26-27H,15-16H2,1-5H3/t17-,18+. The molecule has 1 heterocycles. The monoisotopic (exact) mass is 468 g/mol. The van der Waals surface area contributed by atoms with E-state index in [-0.39, 0.29) is 4.90 Å². The number of nitrogens with zero attached hydrogens (tertiary/aromatic N) is 2. The zero-order chi connectivity index (χ0) is 23.8. The molecule has 3 aromatic carbocycles. The Kier molecular flexibility index (Phi) is 6.41. The van der Waals surface area contributed by atoms with E-state index in [0.29, 0.717) is 23.2 Å². The number of nitrogens with one attached hydrogen (secondary N) is 2. The Balaban J connectivity index is 1.71. The van der Waals surface area contributed by atoms with Gasteiger partial charge in [0.05, 0.1) is 23.4 Å². The van der Waals surface area contributed by atoms with Gasteiger partial charge in [0.25, 0.3) is 10.0 Å². The molecular weight excluding hydrogens is 436 g/mol. The molecule has 0 bridgehead atoms. The molecule has 2 atom stereocenters. The lowest BCUT2D eigenvalue weighted by Gasteiger charge is -2.38. The number of sulfonamides is 1. The number of benzene rings is 3. The Labute approximate surface area is 196 Å². The maximum absolute atomic E-state index is 13.5. The first kappa shape index (κ1) is 23.2. The molecule has 1 aliphatic heterocycles. The molecule has 4 rings (SSSR count). The normalized spacial score (nSPS) is 18.9. The Bertz CT molecular complexity index is 1250. The van der Waals surface area contributed by atoms with E-state index < -0.39 is 10.0 Å². The molecule has 1 saturated heterocycles. The number of rotatable bonds is 6. The van der Waals surface area contributed by atoms with E-state index in [4.69, 9.17) is 4.74 Å². The number of piperazine rings is 1. The molecule has 7 nitrogen and oxygen atoms in total. The first-order chi connectivity index (χ1) is 15.7. The highest BCUT2D eigenvalue weighted by atomic mass is 32.2. The minimum atomic E-state index is -3.81. The van der Waals surface area contributed by atoms with Crippen molar-refractivity contribution < 1.29 is 13.2 Å². The van der Waals surface area contributed by atoms with Gasteiger partial charge in [0.1, 0.15) is 5.75 Å². The zero-order valence-corrected chi connectivity index (χ0v) is 20.6. The Morgan fingerprint density at radius 3 is 2.33 bits per heavy atom. The molecule has 8 heteroatoms. The van der Waals surface area contributed by atoms with E-state index >= 15 is 0 Å². The van der Waals surface area contributed by atoms with Gasteiger partial charge in [-0.25, -0.2) is 8.42 Å².